The van der Waals surface area contributed by atoms with E-state index in [0.717, 1.165) is 11.3 Å². The molecule has 4 rings (SSSR count). The number of phenols is 2. The maximum absolute atomic E-state index is 12.7. The summed E-state index contributed by atoms with van der Waals surface area (Å²) >= 11 is 0. The minimum absolute atomic E-state index is 0.227. The fourth-order valence-electron chi connectivity index (χ4n) is 2.75. The van der Waals surface area contributed by atoms with Gasteiger partial charge in [0.1, 0.15) is 23.2 Å². The van der Waals surface area contributed by atoms with Gasteiger partial charge in [-0.1, -0.05) is 6.07 Å². The number of fused-ring (bicyclic) bond motifs is 2. The highest BCUT2D eigenvalue weighted by atomic mass is 16.7. The first kappa shape index (κ1) is 14.4. The van der Waals surface area contributed by atoms with Crippen LogP contribution in [0.25, 0.3) is 21.9 Å². The van der Waals surface area contributed by atoms with Crippen LogP contribution in [-0.2, 0) is 15.9 Å². The molecule has 0 amide bonds. The van der Waals surface area contributed by atoms with Gasteiger partial charge in [-0.05, 0) is 30.2 Å². The maximum atomic E-state index is 12.7. The highest BCUT2D eigenvalue weighted by molar-refractivity contribution is 5.91. The Morgan fingerprint density at radius 3 is 2.54 bits per heavy atom. The molecule has 0 fully saturated rings. The highest BCUT2D eigenvalue weighted by Gasteiger charge is 2.12. The second-order valence-corrected chi connectivity index (χ2v) is 5.61. The SMILES string of the molecule is O=c1c2cc(CCC3=COCO3)ccc2oc2cc(O)c(O)cc12. The molecule has 0 bridgehead atoms. The summed E-state index contributed by atoms with van der Waals surface area (Å²) < 4.78 is 16.0. The molecule has 0 unspecified atom stereocenters. The molecule has 2 aromatic carbocycles. The molecule has 0 radical (unpaired) electrons. The number of allylic oxidation sites excluding steroid dienone is 1. The van der Waals surface area contributed by atoms with Gasteiger partial charge in [-0.3, -0.25) is 4.79 Å². The van der Waals surface area contributed by atoms with Gasteiger partial charge in [0.15, 0.2) is 11.5 Å². The maximum Gasteiger partial charge on any atom is 0.229 e. The quantitative estimate of drug-likeness (QED) is 0.568. The van der Waals surface area contributed by atoms with Crippen LogP contribution >= 0.6 is 0 Å². The molecule has 3 aromatic rings. The van der Waals surface area contributed by atoms with Crippen LogP contribution in [0.4, 0.5) is 0 Å². The third-order valence-electron chi connectivity index (χ3n) is 4.02. The Labute approximate surface area is 136 Å². The van der Waals surface area contributed by atoms with Crippen molar-refractivity contribution in [2.24, 2.45) is 0 Å². The van der Waals surface area contributed by atoms with Crippen molar-refractivity contribution in [3.8, 4) is 11.5 Å². The third kappa shape index (κ3) is 2.42. The molecule has 0 spiro atoms. The van der Waals surface area contributed by atoms with E-state index in [-0.39, 0.29) is 34.7 Å². The normalized spacial score (nSPS) is 13.8. The van der Waals surface area contributed by atoms with Gasteiger partial charge in [0, 0.05) is 12.5 Å². The molecule has 0 saturated carbocycles. The van der Waals surface area contributed by atoms with Gasteiger partial charge >= 0.3 is 0 Å². The number of rotatable bonds is 3. The lowest BCUT2D eigenvalue weighted by molar-refractivity contribution is 0.0779. The molecule has 1 aromatic heterocycles. The topological polar surface area (TPSA) is 89.1 Å². The Balaban J connectivity index is 1.77. The van der Waals surface area contributed by atoms with E-state index < -0.39 is 0 Å². The van der Waals surface area contributed by atoms with Crippen LogP contribution in [0.15, 0.2) is 51.6 Å². The van der Waals surface area contributed by atoms with Gasteiger partial charge in [0.05, 0.1) is 10.8 Å². The lowest BCUT2D eigenvalue weighted by Crippen LogP contribution is -2.03. The number of benzene rings is 2. The van der Waals surface area contributed by atoms with Gasteiger partial charge < -0.3 is 24.1 Å². The van der Waals surface area contributed by atoms with Crippen LogP contribution in [0.2, 0.25) is 0 Å². The summed E-state index contributed by atoms with van der Waals surface area (Å²) in [5.41, 5.74) is 1.38. The monoisotopic (exact) mass is 326 g/mol. The Bertz CT molecular complexity index is 1030. The van der Waals surface area contributed by atoms with Crippen molar-refractivity contribution in [1.29, 1.82) is 0 Å². The van der Waals surface area contributed by atoms with Gasteiger partial charge in [0.2, 0.25) is 12.2 Å². The molecule has 1 aliphatic rings. The van der Waals surface area contributed by atoms with Crippen LogP contribution in [0.5, 0.6) is 11.5 Å². The molecule has 1 aliphatic heterocycles. The average Bonchev–Trinajstić information content (AvgIpc) is 3.09. The Hall–Kier alpha value is -3.15. The molecule has 24 heavy (non-hydrogen) atoms. The van der Waals surface area contributed by atoms with E-state index in [0.29, 0.717) is 23.8 Å². The van der Waals surface area contributed by atoms with Crippen LogP contribution in [0.1, 0.15) is 12.0 Å². The van der Waals surface area contributed by atoms with Crippen molar-refractivity contribution >= 4 is 21.9 Å². The summed E-state index contributed by atoms with van der Waals surface area (Å²) in [4.78, 5) is 12.7. The zero-order chi connectivity index (χ0) is 16.7. The minimum atomic E-state index is -0.351. The van der Waals surface area contributed by atoms with Crippen LogP contribution in [-0.4, -0.2) is 17.0 Å². The van der Waals surface area contributed by atoms with E-state index in [2.05, 4.69) is 0 Å². The van der Waals surface area contributed by atoms with Gasteiger partial charge in [0.25, 0.3) is 0 Å². The van der Waals surface area contributed by atoms with E-state index in [1.165, 1.54) is 12.1 Å². The van der Waals surface area contributed by atoms with Crippen LogP contribution in [0, 0.1) is 0 Å². The molecule has 0 aliphatic carbocycles. The van der Waals surface area contributed by atoms with Gasteiger partial charge in [-0.2, -0.15) is 0 Å². The van der Waals surface area contributed by atoms with E-state index in [1.54, 1.807) is 18.4 Å². The predicted molar refractivity (Wildman–Crippen MR) is 86.8 cm³/mol. The van der Waals surface area contributed by atoms with Crippen molar-refractivity contribution in [3.05, 3.63) is 58.1 Å². The van der Waals surface area contributed by atoms with Gasteiger partial charge in [-0.15, -0.1) is 0 Å². The number of hydrogen-bond acceptors (Lipinski definition) is 6. The fourth-order valence-corrected chi connectivity index (χ4v) is 2.75. The van der Waals surface area contributed by atoms with Crippen molar-refractivity contribution in [2.45, 2.75) is 12.8 Å². The standard InChI is InChI=1S/C18H14O6/c19-14-6-13-17(7-15(14)20)24-16-4-2-10(5-12(16)18(13)21)1-3-11-8-22-9-23-11/h2,4-8,19-20H,1,3,9H2. The Morgan fingerprint density at radius 1 is 0.958 bits per heavy atom. The number of ether oxygens (including phenoxy) is 2. The molecule has 2 heterocycles. The van der Waals surface area contributed by atoms with E-state index in [1.807, 2.05) is 6.07 Å². The number of aryl methyl sites for hydroxylation is 1. The van der Waals surface area contributed by atoms with E-state index in [9.17, 15) is 15.0 Å². The number of phenolic OH excluding ortho intramolecular Hbond substituents is 2. The third-order valence-corrected chi connectivity index (χ3v) is 4.02. The summed E-state index contributed by atoms with van der Waals surface area (Å²) in [5.74, 6) is 0.102. The Kier molecular flexibility index (Phi) is 3.30. The molecule has 6 nitrogen and oxygen atoms in total. The second-order valence-electron chi connectivity index (χ2n) is 5.61. The van der Waals surface area contributed by atoms with Crippen LogP contribution in [0.3, 0.4) is 0 Å². The first-order valence-corrected chi connectivity index (χ1v) is 7.47. The minimum Gasteiger partial charge on any atom is -0.504 e. The number of aromatic hydroxyl groups is 2. The summed E-state index contributed by atoms with van der Waals surface area (Å²) in [6.45, 7) is 0.249. The van der Waals surface area contributed by atoms with E-state index >= 15 is 0 Å². The van der Waals surface area contributed by atoms with Crippen molar-refractivity contribution < 1.29 is 24.1 Å². The zero-order valence-corrected chi connectivity index (χ0v) is 12.6. The molecule has 2 N–H and O–H groups in total. The highest BCUT2D eigenvalue weighted by Crippen LogP contribution is 2.30. The molecular formula is C18H14O6. The fraction of sp³-hybridized carbons (Fsp3) is 0.167. The smallest absolute Gasteiger partial charge is 0.229 e. The summed E-state index contributed by atoms with van der Waals surface area (Å²) in [6, 6.07) is 7.85. The molecule has 0 saturated heterocycles. The van der Waals surface area contributed by atoms with E-state index in [4.69, 9.17) is 13.9 Å². The second kappa shape index (κ2) is 5.49. The summed E-state index contributed by atoms with van der Waals surface area (Å²) in [6.07, 6.45) is 2.97. The van der Waals surface area contributed by atoms with Gasteiger partial charge in [-0.25, -0.2) is 0 Å². The first-order chi connectivity index (χ1) is 11.6. The largest absolute Gasteiger partial charge is 0.504 e. The first-order valence-electron chi connectivity index (χ1n) is 7.47. The Morgan fingerprint density at radius 2 is 1.75 bits per heavy atom. The molecule has 122 valence electrons. The van der Waals surface area contributed by atoms with Crippen molar-refractivity contribution in [3.63, 3.8) is 0 Å². The summed E-state index contributed by atoms with van der Waals surface area (Å²) in [5, 5.41) is 19.8. The van der Waals surface area contributed by atoms with Crippen molar-refractivity contribution in [2.75, 3.05) is 6.79 Å². The van der Waals surface area contributed by atoms with Crippen LogP contribution < -0.4 is 5.43 Å². The predicted octanol–water partition coefficient (Wildman–Crippen LogP) is 3.14. The lowest BCUT2D eigenvalue weighted by Gasteiger charge is -2.06. The molecule has 0 atom stereocenters. The molecule has 6 heteroatoms. The zero-order valence-electron chi connectivity index (χ0n) is 12.6. The number of hydrogen-bond donors (Lipinski definition) is 2. The lowest BCUT2D eigenvalue weighted by atomic mass is 10.0. The molecular weight excluding hydrogens is 312 g/mol. The summed E-state index contributed by atoms with van der Waals surface area (Å²) in [7, 11) is 0. The average molecular weight is 326 g/mol. The van der Waals surface area contributed by atoms with Crippen molar-refractivity contribution in [1.82, 2.24) is 0 Å².